The van der Waals surface area contributed by atoms with Crippen molar-refractivity contribution in [1.82, 2.24) is 14.7 Å². The molecule has 2 heterocycles. The van der Waals surface area contributed by atoms with Crippen LogP contribution in [-0.4, -0.2) is 21.3 Å². The van der Waals surface area contributed by atoms with Crippen LogP contribution >= 0.6 is 0 Å². The maximum atomic E-state index is 13.2. The molecule has 0 bridgehead atoms. The fraction of sp³-hybridized carbons (Fsp3) is 0.158. The minimum atomic E-state index is -4.68. The van der Waals surface area contributed by atoms with Crippen LogP contribution in [0.1, 0.15) is 5.89 Å². The molecule has 4 aromatic rings. The Kier molecular flexibility index (Phi) is 4.50. The molecule has 0 radical (unpaired) electrons. The van der Waals surface area contributed by atoms with Gasteiger partial charge in [0.05, 0.1) is 6.54 Å². The molecule has 0 aliphatic carbocycles. The van der Waals surface area contributed by atoms with Gasteiger partial charge in [0.15, 0.2) is 0 Å². The van der Waals surface area contributed by atoms with E-state index in [-0.39, 0.29) is 11.6 Å². The molecule has 144 valence electrons. The van der Waals surface area contributed by atoms with Crippen molar-refractivity contribution >= 4 is 10.9 Å². The number of benzene rings is 2. The monoisotopic (exact) mass is 391 g/mol. The van der Waals surface area contributed by atoms with E-state index in [1.807, 2.05) is 16.8 Å². The van der Waals surface area contributed by atoms with Crippen LogP contribution in [0.3, 0.4) is 0 Å². The maximum absolute atomic E-state index is 13.2. The van der Waals surface area contributed by atoms with Crippen molar-refractivity contribution in [1.29, 1.82) is 0 Å². The second-order valence-corrected chi connectivity index (χ2v) is 6.01. The van der Waals surface area contributed by atoms with Crippen LogP contribution in [0, 0.1) is 5.82 Å². The van der Waals surface area contributed by atoms with Crippen molar-refractivity contribution < 1.29 is 26.8 Å². The molecule has 28 heavy (non-hydrogen) atoms. The van der Waals surface area contributed by atoms with E-state index in [9.17, 15) is 17.6 Å². The summed E-state index contributed by atoms with van der Waals surface area (Å²) < 4.78 is 62.6. The molecule has 0 unspecified atom stereocenters. The summed E-state index contributed by atoms with van der Waals surface area (Å²) in [6.07, 6.45) is -2.83. The molecule has 5 nitrogen and oxygen atoms in total. The van der Waals surface area contributed by atoms with E-state index in [2.05, 4.69) is 14.7 Å². The second-order valence-electron chi connectivity index (χ2n) is 6.01. The lowest BCUT2D eigenvalue weighted by molar-refractivity contribution is -0.159. The molecule has 2 aromatic heterocycles. The van der Waals surface area contributed by atoms with Crippen LogP contribution < -0.4 is 4.74 Å². The first-order chi connectivity index (χ1) is 13.4. The molecule has 0 saturated heterocycles. The van der Waals surface area contributed by atoms with E-state index >= 15 is 0 Å². The average molecular weight is 391 g/mol. The summed E-state index contributed by atoms with van der Waals surface area (Å²) in [5.41, 5.74) is 1.28. The summed E-state index contributed by atoms with van der Waals surface area (Å²) in [6, 6.07) is 12.7. The molecule has 4 rings (SSSR count). The third-order valence-electron chi connectivity index (χ3n) is 4.12. The molecule has 2 aromatic carbocycles. The minimum Gasteiger partial charge on any atom is -0.492 e. The van der Waals surface area contributed by atoms with Gasteiger partial charge < -0.3 is 13.8 Å². The number of ether oxygens (including phenoxy) is 1. The quantitative estimate of drug-likeness (QED) is 0.453. The van der Waals surface area contributed by atoms with Crippen LogP contribution in [-0.2, 0) is 12.7 Å². The number of rotatable bonds is 5. The molecule has 0 spiro atoms. The molecule has 0 saturated carbocycles. The van der Waals surface area contributed by atoms with Gasteiger partial charge in [-0.25, -0.2) is 4.39 Å². The van der Waals surface area contributed by atoms with E-state index in [4.69, 9.17) is 4.74 Å². The normalized spacial score (nSPS) is 11.9. The fourth-order valence-corrected chi connectivity index (χ4v) is 2.78. The topological polar surface area (TPSA) is 53.1 Å². The first-order valence-electron chi connectivity index (χ1n) is 8.29. The number of fused-ring (bicyclic) bond motifs is 1. The summed E-state index contributed by atoms with van der Waals surface area (Å²) >= 11 is 0. The Morgan fingerprint density at radius 1 is 1.04 bits per heavy atom. The molecule has 0 aliphatic heterocycles. The summed E-state index contributed by atoms with van der Waals surface area (Å²) in [7, 11) is 0. The predicted octanol–water partition coefficient (Wildman–Crippen LogP) is 4.93. The van der Waals surface area contributed by atoms with Crippen molar-refractivity contribution in [2.24, 2.45) is 0 Å². The van der Waals surface area contributed by atoms with Crippen LogP contribution in [0.25, 0.3) is 22.3 Å². The highest BCUT2D eigenvalue weighted by Gasteiger charge is 2.38. The fourth-order valence-electron chi connectivity index (χ4n) is 2.78. The van der Waals surface area contributed by atoms with E-state index in [1.165, 1.54) is 12.1 Å². The van der Waals surface area contributed by atoms with Gasteiger partial charge in [-0.05, 0) is 48.5 Å². The molecule has 0 fully saturated rings. The second kappa shape index (κ2) is 6.99. The Bertz CT molecular complexity index is 1100. The van der Waals surface area contributed by atoms with Crippen LogP contribution in [0.15, 0.2) is 59.3 Å². The SMILES string of the molecule is Fc1ccc2c(ccn2CCOc2ccc(-c3noc(C(F)(F)F)n3)cc2)c1. The van der Waals surface area contributed by atoms with Gasteiger partial charge in [-0.15, -0.1) is 0 Å². The van der Waals surface area contributed by atoms with Gasteiger partial charge >= 0.3 is 12.1 Å². The van der Waals surface area contributed by atoms with E-state index in [0.717, 1.165) is 10.9 Å². The highest BCUT2D eigenvalue weighted by molar-refractivity contribution is 5.80. The average Bonchev–Trinajstić information content (AvgIpc) is 3.29. The molecule has 0 N–H and O–H groups in total. The van der Waals surface area contributed by atoms with Crippen LogP contribution in [0.5, 0.6) is 5.75 Å². The third kappa shape index (κ3) is 3.68. The third-order valence-corrected chi connectivity index (χ3v) is 4.12. The lowest BCUT2D eigenvalue weighted by atomic mass is 10.2. The van der Waals surface area contributed by atoms with Crippen molar-refractivity contribution in [3.8, 4) is 17.1 Å². The molecular formula is C19H13F4N3O2. The van der Waals surface area contributed by atoms with Crippen molar-refractivity contribution in [3.05, 3.63) is 66.4 Å². The van der Waals surface area contributed by atoms with Gasteiger partial charge in [-0.3, -0.25) is 0 Å². The lowest BCUT2D eigenvalue weighted by Gasteiger charge is -2.08. The molecule has 0 amide bonds. The molecule has 0 atom stereocenters. The van der Waals surface area contributed by atoms with E-state index in [0.29, 0.717) is 24.5 Å². The Balaban J connectivity index is 1.39. The zero-order chi connectivity index (χ0) is 19.7. The number of alkyl halides is 3. The Morgan fingerprint density at radius 2 is 1.82 bits per heavy atom. The molecule has 9 heteroatoms. The van der Waals surface area contributed by atoms with Gasteiger partial charge in [0.1, 0.15) is 18.2 Å². The van der Waals surface area contributed by atoms with Crippen LogP contribution in [0.4, 0.5) is 17.6 Å². The Hall–Kier alpha value is -3.36. The Labute approximate surface area is 156 Å². The highest BCUT2D eigenvalue weighted by Crippen LogP contribution is 2.29. The highest BCUT2D eigenvalue weighted by atomic mass is 19.4. The number of hydrogen-bond donors (Lipinski definition) is 0. The van der Waals surface area contributed by atoms with E-state index in [1.54, 1.807) is 30.3 Å². The standard InChI is InChI=1S/C19H13F4N3O2/c20-14-3-6-16-13(11-14)7-8-26(16)9-10-27-15-4-1-12(2-5-15)17-24-18(28-25-17)19(21,22)23/h1-8,11H,9-10H2. The summed E-state index contributed by atoms with van der Waals surface area (Å²) in [4.78, 5) is 3.34. The first kappa shape index (κ1) is 18.0. The van der Waals surface area contributed by atoms with Crippen LogP contribution in [0.2, 0.25) is 0 Å². The van der Waals surface area contributed by atoms with Gasteiger partial charge in [-0.2, -0.15) is 18.2 Å². The molecule has 0 aliphatic rings. The smallest absolute Gasteiger partial charge is 0.471 e. The van der Waals surface area contributed by atoms with Gasteiger partial charge in [-0.1, -0.05) is 5.16 Å². The Morgan fingerprint density at radius 3 is 2.54 bits per heavy atom. The summed E-state index contributed by atoms with van der Waals surface area (Å²) in [6.45, 7) is 0.914. The van der Waals surface area contributed by atoms with Gasteiger partial charge in [0, 0.05) is 22.7 Å². The van der Waals surface area contributed by atoms with Gasteiger partial charge in [0.25, 0.3) is 0 Å². The van der Waals surface area contributed by atoms with Crippen molar-refractivity contribution in [3.63, 3.8) is 0 Å². The maximum Gasteiger partial charge on any atom is 0.471 e. The summed E-state index contributed by atoms with van der Waals surface area (Å²) in [5.74, 6) is -1.28. The van der Waals surface area contributed by atoms with Crippen molar-refractivity contribution in [2.75, 3.05) is 6.61 Å². The number of nitrogens with zero attached hydrogens (tertiary/aromatic N) is 3. The zero-order valence-corrected chi connectivity index (χ0v) is 14.3. The summed E-state index contributed by atoms with van der Waals surface area (Å²) in [5, 5.41) is 4.14. The number of aromatic nitrogens is 3. The minimum absolute atomic E-state index is 0.148. The number of halogens is 4. The van der Waals surface area contributed by atoms with Crippen molar-refractivity contribution in [2.45, 2.75) is 12.7 Å². The van der Waals surface area contributed by atoms with E-state index < -0.39 is 12.1 Å². The first-order valence-corrected chi connectivity index (χ1v) is 8.29. The molecular weight excluding hydrogens is 378 g/mol. The lowest BCUT2D eigenvalue weighted by Crippen LogP contribution is -2.07. The predicted molar refractivity (Wildman–Crippen MR) is 92.1 cm³/mol. The van der Waals surface area contributed by atoms with Gasteiger partial charge in [0.2, 0.25) is 5.82 Å². The zero-order valence-electron chi connectivity index (χ0n) is 14.3. The number of hydrogen-bond acceptors (Lipinski definition) is 4. The largest absolute Gasteiger partial charge is 0.492 e.